The zero-order chi connectivity index (χ0) is 14.4. The number of rotatable bonds is 14. The lowest BCUT2D eigenvalue weighted by molar-refractivity contribution is -0.0315. The minimum absolute atomic E-state index is 0.403. The molecule has 17 heavy (non-hydrogen) atoms. The van der Waals surface area contributed by atoms with Crippen molar-refractivity contribution in [1.82, 2.24) is 0 Å². The third-order valence-electron chi connectivity index (χ3n) is 2.77. The molecule has 0 fully saturated rings. The Morgan fingerprint density at radius 2 is 1.41 bits per heavy atom. The molecule has 2 heteroatoms. The summed E-state index contributed by atoms with van der Waals surface area (Å²) in [7, 11) is 1.64. The van der Waals surface area contributed by atoms with Gasteiger partial charge < -0.3 is 9.47 Å². The Bertz CT molecular complexity index is 187. The Kier molecular flexibility index (Phi) is 12.5. The second-order valence-electron chi connectivity index (χ2n) is 4.54. The number of unbranched alkanes of at least 4 members (excludes halogenated alkanes) is 6. The summed E-state index contributed by atoms with van der Waals surface area (Å²) < 4.78 is 25.6. The Labute approximate surface area is 111 Å². The van der Waals surface area contributed by atoms with E-state index in [0.29, 0.717) is 13.2 Å². The van der Waals surface area contributed by atoms with E-state index in [4.69, 9.17) is 12.2 Å². The molecule has 0 atom stereocenters. The van der Waals surface area contributed by atoms with E-state index in [1.165, 1.54) is 32.1 Å². The Balaban J connectivity index is 3.14. The van der Waals surface area contributed by atoms with Gasteiger partial charge in [0.25, 0.3) is 0 Å². The number of hydrogen-bond donors (Lipinski definition) is 0. The lowest BCUT2D eigenvalue weighted by Gasteiger charge is -2.03. The topological polar surface area (TPSA) is 18.5 Å². The predicted molar refractivity (Wildman–Crippen MR) is 74.3 cm³/mol. The zero-order valence-electron chi connectivity index (χ0n) is 13.8. The van der Waals surface area contributed by atoms with Gasteiger partial charge in [-0.05, 0) is 6.42 Å². The van der Waals surface area contributed by atoms with Crippen LogP contribution < -0.4 is 0 Å². The Morgan fingerprint density at radius 3 is 2.00 bits per heavy atom. The maximum absolute atomic E-state index is 7.80. The highest BCUT2D eigenvalue weighted by molar-refractivity contribution is 4.47. The van der Waals surface area contributed by atoms with Crippen molar-refractivity contribution in [3.8, 4) is 0 Å². The molecule has 0 aliphatic carbocycles. The van der Waals surface area contributed by atoms with E-state index in [1.54, 1.807) is 7.11 Å². The van der Waals surface area contributed by atoms with Crippen LogP contribution in [-0.4, -0.2) is 20.5 Å². The summed E-state index contributed by atoms with van der Waals surface area (Å²) in [6.07, 6.45) is 9.74. The molecule has 0 N–H and O–H groups in total. The predicted octanol–water partition coefficient (Wildman–Crippen LogP) is 4.92. The molecule has 0 saturated carbocycles. The van der Waals surface area contributed by atoms with Crippen LogP contribution in [0.2, 0.25) is 0 Å². The first kappa shape index (κ1) is 13.4. The lowest BCUT2D eigenvalue weighted by Crippen LogP contribution is -1.98. The number of methoxy groups -OCH3 is 1. The quantitative estimate of drug-likeness (QED) is 0.320. The van der Waals surface area contributed by atoms with E-state index in [1.807, 2.05) is 6.92 Å². The summed E-state index contributed by atoms with van der Waals surface area (Å²) >= 11 is 0. The van der Waals surface area contributed by atoms with Crippen LogP contribution in [0.5, 0.6) is 0 Å². The van der Waals surface area contributed by atoms with Gasteiger partial charge in [-0.25, -0.2) is 0 Å². The second-order valence-corrected chi connectivity index (χ2v) is 4.54. The highest BCUT2D eigenvalue weighted by atomic mass is 16.7. The molecule has 0 bridgehead atoms. The molecular formula is C15H32O2. The summed E-state index contributed by atoms with van der Waals surface area (Å²) in [5.41, 5.74) is 0. The van der Waals surface area contributed by atoms with Crippen molar-refractivity contribution in [3.05, 3.63) is 0 Å². The standard InChI is InChI=1S/C15H32O2/c1-3-4-5-6-7-8-9-10-11-12-13-14-17-15-16-2/h3-15H2,1-2H3/i5D2. The van der Waals surface area contributed by atoms with Gasteiger partial charge in [-0.1, -0.05) is 71.1 Å². The van der Waals surface area contributed by atoms with Crippen molar-refractivity contribution < 1.29 is 12.2 Å². The Morgan fingerprint density at radius 1 is 0.824 bits per heavy atom. The summed E-state index contributed by atoms with van der Waals surface area (Å²) in [5, 5.41) is 0. The van der Waals surface area contributed by atoms with Crippen LogP contribution in [0.3, 0.4) is 0 Å². The molecule has 0 heterocycles. The third-order valence-corrected chi connectivity index (χ3v) is 2.77. The van der Waals surface area contributed by atoms with Gasteiger partial charge in [-0.15, -0.1) is 0 Å². The van der Waals surface area contributed by atoms with Crippen LogP contribution in [0, 0.1) is 0 Å². The number of ether oxygens (including phenoxy) is 2. The highest BCUT2D eigenvalue weighted by Crippen LogP contribution is 2.11. The summed E-state index contributed by atoms with van der Waals surface area (Å²) in [6.45, 7) is 3.25. The fraction of sp³-hybridized carbons (Fsp3) is 1.00. The average molecular weight is 246 g/mol. The van der Waals surface area contributed by atoms with Gasteiger partial charge in [0.15, 0.2) is 0 Å². The smallest absolute Gasteiger partial charge is 0.146 e. The van der Waals surface area contributed by atoms with E-state index in [9.17, 15) is 0 Å². The monoisotopic (exact) mass is 246 g/mol. The lowest BCUT2D eigenvalue weighted by atomic mass is 10.1. The van der Waals surface area contributed by atoms with Gasteiger partial charge in [-0.3, -0.25) is 0 Å². The molecular weight excluding hydrogens is 212 g/mol. The molecule has 0 aromatic rings. The molecule has 0 amide bonds. The first-order valence-corrected chi connectivity index (χ1v) is 7.19. The fourth-order valence-electron chi connectivity index (χ4n) is 1.78. The van der Waals surface area contributed by atoms with Crippen molar-refractivity contribution in [2.45, 2.75) is 77.5 Å². The largest absolute Gasteiger partial charge is 0.359 e. The molecule has 0 radical (unpaired) electrons. The minimum Gasteiger partial charge on any atom is -0.359 e. The van der Waals surface area contributed by atoms with E-state index < -0.39 is 6.37 Å². The highest BCUT2D eigenvalue weighted by Gasteiger charge is 1.93. The molecule has 0 aliphatic rings. The zero-order valence-corrected chi connectivity index (χ0v) is 11.8. The molecule has 0 spiro atoms. The van der Waals surface area contributed by atoms with Crippen LogP contribution in [0.15, 0.2) is 0 Å². The Hall–Kier alpha value is -0.0800. The minimum atomic E-state index is -0.937. The molecule has 0 aromatic heterocycles. The van der Waals surface area contributed by atoms with Crippen molar-refractivity contribution in [1.29, 1.82) is 0 Å². The van der Waals surface area contributed by atoms with Gasteiger partial charge in [0.05, 0.1) is 0 Å². The van der Waals surface area contributed by atoms with Gasteiger partial charge >= 0.3 is 0 Å². The van der Waals surface area contributed by atoms with E-state index in [0.717, 1.165) is 32.3 Å². The maximum Gasteiger partial charge on any atom is 0.146 e. The average Bonchev–Trinajstić information content (AvgIpc) is 2.36. The van der Waals surface area contributed by atoms with Gasteiger partial charge in [0.1, 0.15) is 6.79 Å². The molecule has 0 aliphatic heterocycles. The summed E-state index contributed by atoms with van der Waals surface area (Å²) in [6, 6.07) is 0. The van der Waals surface area contributed by atoms with E-state index in [2.05, 4.69) is 0 Å². The summed E-state index contributed by atoms with van der Waals surface area (Å²) in [4.78, 5) is 0. The van der Waals surface area contributed by atoms with Gasteiger partial charge in [0.2, 0.25) is 0 Å². The van der Waals surface area contributed by atoms with Gasteiger partial charge in [-0.2, -0.15) is 0 Å². The van der Waals surface area contributed by atoms with E-state index in [-0.39, 0.29) is 0 Å². The normalized spacial score (nSPS) is 13.5. The first-order chi connectivity index (χ1) is 9.12. The van der Waals surface area contributed by atoms with Crippen molar-refractivity contribution in [3.63, 3.8) is 0 Å². The van der Waals surface area contributed by atoms with Crippen molar-refractivity contribution >= 4 is 0 Å². The third kappa shape index (κ3) is 15.9. The van der Waals surface area contributed by atoms with Crippen molar-refractivity contribution in [2.24, 2.45) is 0 Å². The molecule has 0 saturated heterocycles. The maximum atomic E-state index is 7.80. The molecule has 0 unspecified atom stereocenters. The molecule has 0 aromatic carbocycles. The fourth-order valence-corrected chi connectivity index (χ4v) is 1.78. The first-order valence-electron chi connectivity index (χ1n) is 8.19. The van der Waals surface area contributed by atoms with Gasteiger partial charge in [0, 0.05) is 16.5 Å². The van der Waals surface area contributed by atoms with E-state index >= 15 is 0 Å². The SMILES string of the molecule is [2H]C([2H])(CCC)CCCCCCCCCOCOC. The van der Waals surface area contributed by atoms with Crippen LogP contribution in [-0.2, 0) is 9.47 Å². The number of hydrogen-bond acceptors (Lipinski definition) is 2. The molecule has 104 valence electrons. The molecule has 2 nitrogen and oxygen atoms in total. The van der Waals surface area contributed by atoms with Crippen LogP contribution in [0.25, 0.3) is 0 Å². The summed E-state index contributed by atoms with van der Waals surface area (Å²) in [5.74, 6) is 0. The second kappa shape index (κ2) is 15.9. The van der Waals surface area contributed by atoms with Crippen molar-refractivity contribution in [2.75, 3.05) is 20.5 Å². The van der Waals surface area contributed by atoms with Crippen LogP contribution >= 0.6 is 0 Å². The van der Waals surface area contributed by atoms with Crippen LogP contribution in [0.1, 0.15) is 80.2 Å². The van der Waals surface area contributed by atoms with Crippen LogP contribution in [0.4, 0.5) is 0 Å². The molecule has 0 rings (SSSR count).